The first-order valence-electron chi connectivity index (χ1n) is 19.1. The molecule has 0 bridgehead atoms. The first kappa shape index (κ1) is 47.1. The fourth-order valence-corrected chi connectivity index (χ4v) is 5.90. The number of isothiocyanates is 1. The molecule has 0 fully saturated rings. The number of para-hydroxylation sites is 4. The summed E-state index contributed by atoms with van der Waals surface area (Å²) in [6, 6.07) is 36.8. The predicted octanol–water partition coefficient (Wildman–Crippen LogP) is 6.31. The van der Waals surface area contributed by atoms with Gasteiger partial charge in [0.2, 0.25) is 0 Å². The van der Waals surface area contributed by atoms with Gasteiger partial charge in [-0.1, -0.05) is 85.0 Å². The maximum absolute atomic E-state index is 13.4. The Morgan fingerprint density at radius 3 is 1.53 bits per heavy atom. The second kappa shape index (κ2) is 25.1. The van der Waals surface area contributed by atoms with E-state index in [0.29, 0.717) is 35.2 Å². The zero-order valence-electron chi connectivity index (χ0n) is 34.9. The summed E-state index contributed by atoms with van der Waals surface area (Å²) in [6.45, 7) is 3.81. The zero-order valence-corrected chi connectivity index (χ0v) is 35.6. The van der Waals surface area contributed by atoms with Crippen LogP contribution in [0.1, 0.15) is 20.8 Å². The smallest absolute Gasteiger partial charge is 0.442 e. The van der Waals surface area contributed by atoms with Crippen molar-refractivity contribution in [1.29, 1.82) is 0 Å². The van der Waals surface area contributed by atoms with Crippen molar-refractivity contribution in [3.05, 3.63) is 175 Å². The van der Waals surface area contributed by atoms with Gasteiger partial charge < -0.3 is 20.1 Å². The Balaban J connectivity index is 0.000000279. The van der Waals surface area contributed by atoms with Gasteiger partial charge >= 0.3 is 23.6 Å². The van der Waals surface area contributed by atoms with Crippen LogP contribution in [-0.2, 0) is 9.47 Å². The van der Waals surface area contributed by atoms with E-state index >= 15 is 0 Å². The molecule has 6 aromatic rings. The number of thiocarbonyl (C=S) groups is 2. The lowest BCUT2D eigenvalue weighted by molar-refractivity contribution is 0.158. The van der Waals surface area contributed by atoms with E-state index < -0.39 is 36.3 Å². The van der Waals surface area contributed by atoms with Crippen LogP contribution in [0.25, 0.3) is 22.7 Å². The molecule has 2 heterocycles. The van der Waals surface area contributed by atoms with Crippen LogP contribution < -0.4 is 38.4 Å². The summed E-state index contributed by atoms with van der Waals surface area (Å²) in [5, 5.41) is 10.1. The molecule has 0 aliphatic carbocycles. The summed E-state index contributed by atoms with van der Waals surface area (Å²) >= 11 is 9.46. The molecule has 0 saturated carbocycles. The molecular formula is C43H43FN8O8S2. The number of alkyl halides is 1. The number of rotatable bonds is 9. The maximum atomic E-state index is 13.4. The second-order valence-corrected chi connectivity index (χ2v) is 12.3. The van der Waals surface area contributed by atoms with Crippen molar-refractivity contribution >= 4 is 58.4 Å². The van der Waals surface area contributed by atoms with E-state index in [1.807, 2.05) is 47.6 Å². The van der Waals surface area contributed by atoms with Crippen LogP contribution in [0.5, 0.6) is 0 Å². The molecule has 19 heteroatoms. The molecule has 0 aliphatic rings. The molecule has 0 saturated heterocycles. The molecule has 2 amide bonds. The van der Waals surface area contributed by atoms with Gasteiger partial charge in [-0.25, -0.2) is 37.4 Å². The second-order valence-electron chi connectivity index (χ2n) is 11.7. The fraction of sp³-hybridized carbons (Fsp3) is 0.163. The maximum Gasteiger partial charge on any atom is 0.442 e. The first-order valence-corrected chi connectivity index (χ1v) is 19.2. The van der Waals surface area contributed by atoms with Crippen molar-refractivity contribution in [1.82, 2.24) is 23.6 Å². The van der Waals surface area contributed by atoms with Gasteiger partial charge in [0.25, 0.3) is 11.1 Å². The number of nitrogens with zero attached hydrogens (tertiary/aromatic N) is 5. The Hall–Kier alpha value is -7.60. The predicted molar refractivity (Wildman–Crippen MR) is 245 cm³/mol. The minimum atomic E-state index is -1.00. The Bertz CT molecular complexity index is 2750. The van der Waals surface area contributed by atoms with Gasteiger partial charge in [-0.15, -0.1) is 4.99 Å². The van der Waals surface area contributed by atoms with Crippen molar-refractivity contribution in [3.63, 3.8) is 0 Å². The molecule has 3 N–H and O–H groups in total. The zero-order chi connectivity index (χ0) is 46.3. The average Bonchev–Trinajstić information content (AvgIpc) is 3.28. The lowest BCUT2D eigenvalue weighted by Gasteiger charge is -2.19. The molecule has 16 nitrogen and oxygen atoms in total. The van der Waals surface area contributed by atoms with E-state index in [1.54, 1.807) is 107 Å². The minimum Gasteiger partial charge on any atom is -0.450 e. The van der Waals surface area contributed by atoms with E-state index in [4.69, 9.17) is 18.3 Å². The molecule has 6 rings (SSSR count). The lowest BCUT2D eigenvalue weighted by Crippen LogP contribution is -2.45. The minimum absolute atomic E-state index is 0.0344. The Morgan fingerprint density at radius 1 is 0.694 bits per heavy atom. The molecule has 2 aromatic heterocycles. The number of carbonyl (C=O) groups excluding carboxylic acids is 2. The van der Waals surface area contributed by atoms with Gasteiger partial charge in [-0.05, 0) is 74.6 Å². The molecule has 322 valence electrons. The molecule has 0 unspecified atom stereocenters. The highest BCUT2D eigenvalue weighted by atomic mass is 32.1. The van der Waals surface area contributed by atoms with Gasteiger partial charge in [-0.3, -0.25) is 19.3 Å². The van der Waals surface area contributed by atoms with E-state index in [1.165, 1.54) is 15.2 Å². The summed E-state index contributed by atoms with van der Waals surface area (Å²) in [4.78, 5) is 76.8. The van der Waals surface area contributed by atoms with Crippen LogP contribution in [0.3, 0.4) is 0 Å². The van der Waals surface area contributed by atoms with Crippen molar-refractivity contribution in [2.24, 2.45) is 4.99 Å². The third-order valence-corrected chi connectivity index (χ3v) is 8.43. The number of carbonyl (C=O) groups is 2. The third-order valence-electron chi connectivity index (χ3n) is 8.04. The first-order chi connectivity index (χ1) is 30.4. The Labute approximate surface area is 366 Å². The number of alkyl carbamates (subject to hydrolysis) is 1. The van der Waals surface area contributed by atoms with Crippen molar-refractivity contribution in [2.75, 3.05) is 45.1 Å². The molecule has 4 aromatic carbocycles. The molecule has 0 spiro atoms. The fourth-order valence-electron chi connectivity index (χ4n) is 5.55. The number of nitrogens with one attached hydrogen (secondary N) is 3. The van der Waals surface area contributed by atoms with E-state index in [0.717, 1.165) is 9.13 Å². The van der Waals surface area contributed by atoms with Crippen LogP contribution in [0, 0.1) is 0 Å². The normalized spacial score (nSPS) is 9.92. The molecule has 0 aliphatic heterocycles. The molecule has 62 heavy (non-hydrogen) atoms. The number of ether oxygens (including phenoxy) is 2. The number of hydrogen-bond acceptors (Lipinski definition) is 12. The number of aromatic nitrogens is 4. The topological polar surface area (TPSA) is 189 Å². The molecule has 0 radical (unpaired) electrons. The Kier molecular flexibility index (Phi) is 19.1. The third kappa shape index (κ3) is 12.5. The average molecular weight is 884 g/mol. The summed E-state index contributed by atoms with van der Waals surface area (Å²) in [7, 11) is 2.25. The van der Waals surface area contributed by atoms with Crippen LogP contribution in [-0.4, -0.2) is 75.1 Å². The Morgan fingerprint density at radius 2 is 1.11 bits per heavy atom. The van der Waals surface area contributed by atoms with Crippen LogP contribution >= 0.6 is 24.4 Å². The standard InChI is InChI=1S/C21H20N4O4S.C17H15N3O2.C4H5NO2S.CH3F/c1-3-29-20(27)23-18(30)16-17(22-2)24(14-10-6-4-7-11-14)21(28)25(19(16)26)15-12-8-5-9-13-15;1-18-15-12-16(21)20(14-10-6-3-7-11-14)17(22)19(15)13-8-4-2-5-9-13;1-2-7-4(6)5-3-8;1-2/h4-13,22H,3H2,1-2H3,(H,23,27,30);2-12,18H,1H3;2H2,1H3;1H3/i;;;1D. The lowest BCUT2D eigenvalue weighted by atomic mass is 10.2. The van der Waals surface area contributed by atoms with Crippen molar-refractivity contribution in [3.8, 4) is 22.7 Å². The van der Waals surface area contributed by atoms with Crippen LogP contribution in [0.15, 0.2) is 152 Å². The van der Waals surface area contributed by atoms with E-state index in [9.17, 15) is 33.2 Å². The highest BCUT2D eigenvalue weighted by Gasteiger charge is 2.24. The van der Waals surface area contributed by atoms with E-state index in [-0.39, 0.29) is 28.5 Å². The number of amides is 2. The quantitative estimate of drug-likeness (QED) is 0.109. The molecular weight excluding hydrogens is 840 g/mol. The summed E-state index contributed by atoms with van der Waals surface area (Å²) in [5.74, 6) is 0.610. The summed E-state index contributed by atoms with van der Waals surface area (Å²) in [5.41, 5.74) is 0.0897. The SMILES string of the molecule is CCOC(=O)N=C=S.CCOC(=O)NC(=S)c1c(NC)n(-c2ccccc2)c(=O)n(-c2ccccc2)c1=O.CNc1cc(=O)n(-c2ccccc2)c(=O)n1-c1ccccc1.[2H]CF. The summed E-state index contributed by atoms with van der Waals surface area (Å²) in [6.07, 6.45) is -1.46. The number of halogens is 1. The summed E-state index contributed by atoms with van der Waals surface area (Å²) < 4.78 is 29.7. The number of aliphatic imine (C=N–C) groups is 1. The monoisotopic (exact) mass is 883 g/mol. The number of benzene rings is 4. The van der Waals surface area contributed by atoms with Crippen molar-refractivity contribution in [2.45, 2.75) is 13.8 Å². The number of anilines is 2. The highest BCUT2D eigenvalue weighted by Crippen LogP contribution is 2.18. The van der Waals surface area contributed by atoms with E-state index in [2.05, 4.69) is 37.9 Å². The van der Waals surface area contributed by atoms with Crippen molar-refractivity contribution < 1.29 is 24.8 Å². The number of hydrogen-bond donors (Lipinski definition) is 3. The van der Waals surface area contributed by atoms with Crippen LogP contribution in [0.2, 0.25) is 0 Å². The largest absolute Gasteiger partial charge is 0.450 e. The van der Waals surface area contributed by atoms with Gasteiger partial charge in [0.15, 0.2) is 0 Å². The van der Waals surface area contributed by atoms with Gasteiger partial charge in [0.05, 0.1) is 49.6 Å². The van der Waals surface area contributed by atoms with Gasteiger partial charge in [0.1, 0.15) is 22.2 Å². The molecule has 0 atom stereocenters. The highest BCUT2D eigenvalue weighted by molar-refractivity contribution is 7.80. The van der Waals surface area contributed by atoms with Crippen LogP contribution in [0.4, 0.5) is 25.6 Å². The van der Waals surface area contributed by atoms with Gasteiger partial charge in [0, 0.05) is 20.2 Å². The van der Waals surface area contributed by atoms with Gasteiger partial charge in [-0.2, -0.15) is 0 Å².